The van der Waals surface area contributed by atoms with Crippen LogP contribution in [0.25, 0.3) is 0 Å². The molecule has 2 nitrogen and oxygen atoms in total. The van der Waals surface area contributed by atoms with E-state index in [2.05, 4.69) is 19.2 Å². The van der Waals surface area contributed by atoms with Crippen LogP contribution < -0.4 is 5.32 Å². The van der Waals surface area contributed by atoms with E-state index in [-0.39, 0.29) is 0 Å². The summed E-state index contributed by atoms with van der Waals surface area (Å²) in [5.74, 6) is 0.780. The van der Waals surface area contributed by atoms with Gasteiger partial charge in [0.05, 0.1) is 12.2 Å². The summed E-state index contributed by atoms with van der Waals surface area (Å²) in [7, 11) is 0. The fraction of sp³-hybridized carbons (Fsp3) is 1.00. The van der Waals surface area contributed by atoms with Crippen LogP contribution in [0.3, 0.4) is 0 Å². The predicted molar refractivity (Wildman–Crippen MR) is 88.5 cm³/mol. The molecule has 3 saturated carbocycles. The van der Waals surface area contributed by atoms with Crippen molar-refractivity contribution in [1.82, 2.24) is 5.32 Å². The molecule has 4 unspecified atom stereocenters. The van der Waals surface area contributed by atoms with Crippen molar-refractivity contribution < 1.29 is 4.74 Å². The molecule has 0 aliphatic heterocycles. The fourth-order valence-corrected chi connectivity index (χ4v) is 5.12. The smallest absolute Gasteiger partial charge is 0.0665 e. The zero-order chi connectivity index (χ0) is 14.7. The highest BCUT2D eigenvalue weighted by atomic mass is 16.5. The summed E-state index contributed by atoms with van der Waals surface area (Å²) in [6.07, 6.45) is 16.2. The summed E-state index contributed by atoms with van der Waals surface area (Å²) in [5, 5.41) is 3.83. The molecule has 0 saturated heterocycles. The van der Waals surface area contributed by atoms with Crippen LogP contribution in [0.2, 0.25) is 0 Å². The van der Waals surface area contributed by atoms with Crippen LogP contribution in [0, 0.1) is 11.3 Å². The molecule has 3 rings (SSSR count). The van der Waals surface area contributed by atoms with Gasteiger partial charge >= 0.3 is 0 Å². The van der Waals surface area contributed by atoms with Crippen LogP contribution >= 0.6 is 0 Å². The fourth-order valence-electron chi connectivity index (χ4n) is 5.12. The summed E-state index contributed by atoms with van der Waals surface area (Å²) >= 11 is 0. The summed E-state index contributed by atoms with van der Waals surface area (Å²) < 4.78 is 6.70. The van der Waals surface area contributed by atoms with Crippen LogP contribution in [-0.4, -0.2) is 24.8 Å². The monoisotopic (exact) mass is 293 g/mol. The molecule has 0 aromatic carbocycles. The van der Waals surface area contributed by atoms with Crippen LogP contribution in [0.15, 0.2) is 0 Å². The van der Waals surface area contributed by atoms with Crippen LogP contribution in [0.5, 0.6) is 0 Å². The van der Waals surface area contributed by atoms with Crippen molar-refractivity contribution in [1.29, 1.82) is 0 Å². The van der Waals surface area contributed by atoms with Gasteiger partial charge in [0.25, 0.3) is 0 Å². The molecule has 122 valence electrons. The highest BCUT2D eigenvalue weighted by Gasteiger charge is 2.56. The Hall–Kier alpha value is -0.0800. The quantitative estimate of drug-likeness (QED) is 0.795. The van der Waals surface area contributed by atoms with E-state index in [0.29, 0.717) is 17.6 Å². The lowest BCUT2D eigenvalue weighted by atomic mass is 9.55. The van der Waals surface area contributed by atoms with E-state index >= 15 is 0 Å². The lowest BCUT2D eigenvalue weighted by Crippen LogP contribution is -2.65. The van der Waals surface area contributed by atoms with Gasteiger partial charge in [-0.05, 0) is 51.0 Å². The van der Waals surface area contributed by atoms with Crippen LogP contribution in [0.1, 0.15) is 84.5 Å². The standard InChI is InChI=1S/C19H35NO/c1-3-13-20-17-14-18(19(17)11-7-4-8-12-19)21-16-10-6-5-9-15(16)2/h15-18,20H,3-14H2,1-2H3. The van der Waals surface area contributed by atoms with Gasteiger partial charge in [-0.2, -0.15) is 0 Å². The Labute approximate surface area is 131 Å². The van der Waals surface area contributed by atoms with Gasteiger partial charge in [-0.25, -0.2) is 0 Å². The van der Waals surface area contributed by atoms with E-state index in [1.807, 2.05) is 0 Å². The minimum Gasteiger partial charge on any atom is -0.374 e. The Morgan fingerprint density at radius 1 is 1.05 bits per heavy atom. The summed E-state index contributed by atoms with van der Waals surface area (Å²) in [6.45, 7) is 5.86. The van der Waals surface area contributed by atoms with Crippen molar-refractivity contribution in [2.45, 2.75) is 103 Å². The second-order valence-electron chi connectivity index (χ2n) is 7.96. The van der Waals surface area contributed by atoms with E-state index in [4.69, 9.17) is 4.74 Å². The molecule has 0 amide bonds. The Morgan fingerprint density at radius 3 is 2.52 bits per heavy atom. The zero-order valence-electron chi connectivity index (χ0n) is 14.2. The highest BCUT2D eigenvalue weighted by molar-refractivity contribution is 5.09. The first-order chi connectivity index (χ1) is 10.3. The molecular formula is C19H35NO. The van der Waals surface area contributed by atoms with Crippen LogP contribution in [0.4, 0.5) is 0 Å². The second-order valence-corrected chi connectivity index (χ2v) is 7.96. The van der Waals surface area contributed by atoms with E-state index in [1.165, 1.54) is 77.2 Å². The van der Waals surface area contributed by atoms with Gasteiger partial charge in [-0.3, -0.25) is 0 Å². The van der Waals surface area contributed by atoms with Crippen molar-refractivity contribution in [3.63, 3.8) is 0 Å². The van der Waals surface area contributed by atoms with Gasteiger partial charge < -0.3 is 10.1 Å². The number of hydrogen-bond acceptors (Lipinski definition) is 2. The molecule has 3 aliphatic carbocycles. The highest BCUT2D eigenvalue weighted by Crippen LogP contribution is 2.54. The Bertz CT molecular complexity index is 324. The van der Waals surface area contributed by atoms with E-state index < -0.39 is 0 Å². The van der Waals surface area contributed by atoms with Gasteiger partial charge in [-0.1, -0.05) is 46.0 Å². The molecule has 21 heavy (non-hydrogen) atoms. The molecule has 2 heteroatoms. The first-order valence-corrected chi connectivity index (χ1v) is 9.65. The number of ether oxygens (including phenoxy) is 1. The number of nitrogens with one attached hydrogen (secondary N) is 1. The predicted octanol–water partition coefficient (Wildman–Crippen LogP) is 4.67. The number of hydrogen-bond donors (Lipinski definition) is 1. The van der Waals surface area contributed by atoms with Crippen molar-refractivity contribution in [3.8, 4) is 0 Å². The molecule has 0 radical (unpaired) electrons. The SMILES string of the molecule is CCCNC1CC(OC2CCCCC2C)C12CCCCC2. The minimum atomic E-state index is 0.491. The van der Waals surface area contributed by atoms with E-state index in [0.717, 1.165) is 12.0 Å². The van der Waals surface area contributed by atoms with Gasteiger partial charge in [0.15, 0.2) is 0 Å². The lowest BCUT2D eigenvalue weighted by Gasteiger charge is -2.59. The molecule has 4 atom stereocenters. The van der Waals surface area contributed by atoms with E-state index in [9.17, 15) is 0 Å². The summed E-state index contributed by atoms with van der Waals surface area (Å²) in [6, 6.07) is 0.738. The third-order valence-corrected chi connectivity index (χ3v) is 6.58. The van der Waals surface area contributed by atoms with Crippen molar-refractivity contribution in [2.24, 2.45) is 11.3 Å². The molecule has 1 N–H and O–H groups in total. The molecule has 0 aromatic rings. The molecule has 0 bridgehead atoms. The Balaban J connectivity index is 1.61. The van der Waals surface area contributed by atoms with Gasteiger partial charge in [0, 0.05) is 11.5 Å². The van der Waals surface area contributed by atoms with E-state index in [1.54, 1.807) is 0 Å². The molecule has 3 aliphatic rings. The molecule has 1 spiro atoms. The molecular weight excluding hydrogens is 258 g/mol. The minimum absolute atomic E-state index is 0.491. The first kappa shape index (κ1) is 15.8. The average molecular weight is 293 g/mol. The maximum Gasteiger partial charge on any atom is 0.0665 e. The second kappa shape index (κ2) is 7.00. The summed E-state index contributed by atoms with van der Waals surface area (Å²) in [4.78, 5) is 0. The Morgan fingerprint density at radius 2 is 1.81 bits per heavy atom. The average Bonchev–Trinajstić information content (AvgIpc) is 2.52. The molecule has 0 heterocycles. The lowest BCUT2D eigenvalue weighted by molar-refractivity contribution is -0.190. The van der Waals surface area contributed by atoms with Gasteiger partial charge in [0.2, 0.25) is 0 Å². The summed E-state index contributed by atoms with van der Waals surface area (Å²) in [5.41, 5.74) is 0.491. The largest absolute Gasteiger partial charge is 0.374 e. The van der Waals surface area contributed by atoms with Crippen LogP contribution in [-0.2, 0) is 4.74 Å². The van der Waals surface area contributed by atoms with Crippen molar-refractivity contribution in [2.75, 3.05) is 6.54 Å². The zero-order valence-corrected chi connectivity index (χ0v) is 14.2. The van der Waals surface area contributed by atoms with Crippen molar-refractivity contribution >= 4 is 0 Å². The number of rotatable bonds is 5. The third kappa shape index (κ3) is 3.17. The topological polar surface area (TPSA) is 21.3 Å². The van der Waals surface area contributed by atoms with Gasteiger partial charge in [0.1, 0.15) is 0 Å². The first-order valence-electron chi connectivity index (χ1n) is 9.65. The Kier molecular flexibility index (Phi) is 5.27. The molecule has 0 aromatic heterocycles. The molecule has 3 fully saturated rings. The maximum absolute atomic E-state index is 6.70. The van der Waals surface area contributed by atoms with Crippen molar-refractivity contribution in [3.05, 3.63) is 0 Å². The third-order valence-electron chi connectivity index (χ3n) is 6.58. The normalized spacial score (nSPS) is 39.1. The maximum atomic E-state index is 6.70. The van der Waals surface area contributed by atoms with Gasteiger partial charge in [-0.15, -0.1) is 0 Å².